The van der Waals surface area contributed by atoms with Crippen LogP contribution >= 0.6 is 23.2 Å². The number of ether oxygens (including phenoxy) is 2. The monoisotopic (exact) mass is 421 g/mol. The van der Waals surface area contributed by atoms with E-state index in [0.717, 1.165) is 0 Å². The van der Waals surface area contributed by atoms with Gasteiger partial charge in [-0.05, 0) is 35.9 Å². The predicted octanol–water partition coefficient (Wildman–Crippen LogP) is 4.06. The second-order valence-electron chi connectivity index (χ2n) is 6.15. The SMILES string of the molecule is COc1ccc(C(O)=C2C(=O)C(=O)N(C)[C@@H]2c2ccc(Cl)cc2Cl)cc1OC. The quantitative estimate of drug-likeness (QED) is 0.457. The predicted molar refractivity (Wildman–Crippen MR) is 106 cm³/mol. The first-order valence-corrected chi connectivity index (χ1v) is 8.97. The van der Waals surface area contributed by atoms with Crippen LogP contribution in [0.2, 0.25) is 10.0 Å². The van der Waals surface area contributed by atoms with E-state index < -0.39 is 17.7 Å². The molecule has 0 unspecified atom stereocenters. The molecule has 3 rings (SSSR count). The van der Waals surface area contributed by atoms with Crippen molar-refractivity contribution in [2.75, 3.05) is 21.3 Å². The molecule has 0 aliphatic carbocycles. The van der Waals surface area contributed by atoms with Crippen molar-refractivity contribution in [1.82, 2.24) is 4.90 Å². The summed E-state index contributed by atoms with van der Waals surface area (Å²) in [6, 6.07) is 8.59. The number of hydrogen-bond donors (Lipinski definition) is 1. The summed E-state index contributed by atoms with van der Waals surface area (Å²) in [5.74, 6) is -1.03. The van der Waals surface area contributed by atoms with E-state index in [1.54, 1.807) is 24.3 Å². The van der Waals surface area contributed by atoms with Gasteiger partial charge in [-0.3, -0.25) is 9.59 Å². The van der Waals surface area contributed by atoms with Gasteiger partial charge in [-0.1, -0.05) is 29.3 Å². The van der Waals surface area contributed by atoms with Crippen LogP contribution in [0.1, 0.15) is 17.2 Å². The van der Waals surface area contributed by atoms with Crippen molar-refractivity contribution in [2.45, 2.75) is 6.04 Å². The molecule has 0 aromatic heterocycles. The summed E-state index contributed by atoms with van der Waals surface area (Å²) in [5, 5.41) is 11.6. The summed E-state index contributed by atoms with van der Waals surface area (Å²) in [7, 11) is 4.42. The zero-order valence-corrected chi connectivity index (χ0v) is 16.8. The third-order valence-corrected chi connectivity index (χ3v) is 5.15. The number of hydrogen-bond acceptors (Lipinski definition) is 5. The van der Waals surface area contributed by atoms with Gasteiger partial charge in [-0.2, -0.15) is 0 Å². The fourth-order valence-corrected chi connectivity index (χ4v) is 3.69. The average molecular weight is 422 g/mol. The van der Waals surface area contributed by atoms with Gasteiger partial charge in [-0.15, -0.1) is 0 Å². The van der Waals surface area contributed by atoms with Crippen molar-refractivity contribution < 1.29 is 24.2 Å². The van der Waals surface area contributed by atoms with E-state index in [4.69, 9.17) is 32.7 Å². The summed E-state index contributed by atoms with van der Waals surface area (Å²) in [6.45, 7) is 0. The smallest absolute Gasteiger partial charge is 0.295 e. The van der Waals surface area contributed by atoms with E-state index in [1.807, 2.05) is 0 Å². The molecule has 1 N–H and O–H groups in total. The number of benzene rings is 2. The lowest BCUT2D eigenvalue weighted by Crippen LogP contribution is -2.25. The molecule has 6 nitrogen and oxygen atoms in total. The van der Waals surface area contributed by atoms with Crippen LogP contribution in [0.3, 0.4) is 0 Å². The number of ketones is 1. The minimum Gasteiger partial charge on any atom is -0.507 e. The van der Waals surface area contributed by atoms with Gasteiger partial charge in [0.05, 0.1) is 25.8 Å². The maximum absolute atomic E-state index is 12.6. The Kier molecular flexibility index (Phi) is 5.54. The number of aliphatic hydroxyl groups is 1. The number of carbonyl (C=O) groups is 2. The van der Waals surface area contributed by atoms with Crippen molar-refractivity contribution in [1.29, 1.82) is 0 Å². The highest BCUT2D eigenvalue weighted by molar-refractivity contribution is 6.47. The average Bonchev–Trinajstić information content (AvgIpc) is 2.91. The second kappa shape index (κ2) is 7.73. The zero-order chi connectivity index (χ0) is 20.6. The van der Waals surface area contributed by atoms with Gasteiger partial charge in [-0.25, -0.2) is 0 Å². The first-order chi connectivity index (χ1) is 13.3. The van der Waals surface area contributed by atoms with Crippen LogP contribution in [0, 0.1) is 0 Å². The third kappa shape index (κ3) is 3.30. The van der Waals surface area contributed by atoms with Crippen LogP contribution in [-0.4, -0.2) is 43.0 Å². The highest BCUT2D eigenvalue weighted by atomic mass is 35.5. The van der Waals surface area contributed by atoms with Gasteiger partial charge < -0.3 is 19.5 Å². The number of nitrogens with zero attached hydrogens (tertiary/aromatic N) is 1. The van der Waals surface area contributed by atoms with Crippen molar-refractivity contribution >= 4 is 40.7 Å². The molecule has 1 heterocycles. The highest BCUT2D eigenvalue weighted by Crippen LogP contribution is 2.42. The number of carbonyl (C=O) groups excluding carboxylic acids is 2. The Morgan fingerprint density at radius 1 is 1.04 bits per heavy atom. The topological polar surface area (TPSA) is 76.1 Å². The molecule has 0 spiro atoms. The van der Waals surface area contributed by atoms with Gasteiger partial charge in [0.25, 0.3) is 11.7 Å². The van der Waals surface area contributed by atoms with Crippen molar-refractivity contribution in [3.8, 4) is 11.5 Å². The van der Waals surface area contributed by atoms with Gasteiger partial charge >= 0.3 is 0 Å². The number of halogens is 2. The van der Waals surface area contributed by atoms with Crippen molar-refractivity contribution in [3.63, 3.8) is 0 Å². The first kappa shape index (κ1) is 20.0. The number of Topliss-reactive ketones (excluding diaryl/α,β-unsaturated/α-hetero) is 1. The standard InChI is InChI=1S/C20H17Cl2NO5/c1-23-17(12-6-5-11(21)9-13(12)22)16(19(25)20(23)26)18(24)10-4-7-14(27-2)15(8-10)28-3/h4-9,17,24H,1-3H3/t17-/m1/s1. The van der Waals surface area contributed by atoms with E-state index in [-0.39, 0.29) is 16.4 Å². The minimum atomic E-state index is -0.849. The molecule has 1 amide bonds. The normalized spacial score (nSPS) is 18.5. The molecular weight excluding hydrogens is 405 g/mol. The summed E-state index contributed by atoms with van der Waals surface area (Å²) in [6.07, 6.45) is 0. The lowest BCUT2D eigenvalue weighted by atomic mass is 9.95. The van der Waals surface area contributed by atoms with Crippen molar-refractivity contribution in [2.24, 2.45) is 0 Å². The van der Waals surface area contributed by atoms with Crippen LogP contribution in [0.5, 0.6) is 11.5 Å². The number of likely N-dealkylation sites (N-methyl/N-ethyl adjacent to an activating group) is 1. The largest absolute Gasteiger partial charge is 0.507 e. The number of methoxy groups -OCH3 is 2. The Labute approximate surface area is 171 Å². The Morgan fingerprint density at radius 2 is 1.71 bits per heavy atom. The number of amides is 1. The molecule has 1 fully saturated rings. The zero-order valence-electron chi connectivity index (χ0n) is 15.3. The van der Waals surface area contributed by atoms with Crippen LogP contribution in [0.25, 0.3) is 5.76 Å². The minimum absolute atomic E-state index is 0.0658. The fraction of sp³-hybridized carbons (Fsp3) is 0.200. The van der Waals surface area contributed by atoms with Crippen molar-refractivity contribution in [3.05, 3.63) is 63.1 Å². The number of likely N-dealkylation sites (tertiary alicyclic amines) is 1. The molecular formula is C20H17Cl2NO5. The van der Waals surface area contributed by atoms with E-state index in [9.17, 15) is 14.7 Å². The second-order valence-corrected chi connectivity index (χ2v) is 6.99. The molecule has 0 bridgehead atoms. The summed E-state index contributed by atoms with van der Waals surface area (Å²) < 4.78 is 10.4. The Balaban J connectivity index is 2.20. The molecule has 0 radical (unpaired) electrons. The first-order valence-electron chi connectivity index (χ1n) is 8.22. The molecule has 1 aliphatic rings. The van der Waals surface area contributed by atoms with Crippen LogP contribution in [0.4, 0.5) is 0 Å². The van der Waals surface area contributed by atoms with E-state index in [2.05, 4.69) is 0 Å². The van der Waals surface area contributed by atoms with Crippen LogP contribution in [-0.2, 0) is 9.59 Å². The maximum atomic E-state index is 12.6. The Morgan fingerprint density at radius 3 is 2.32 bits per heavy atom. The van der Waals surface area contributed by atoms with E-state index >= 15 is 0 Å². The lowest BCUT2D eigenvalue weighted by Gasteiger charge is -2.22. The number of rotatable bonds is 4. The van der Waals surface area contributed by atoms with Gasteiger partial charge in [0.1, 0.15) is 5.76 Å². The van der Waals surface area contributed by atoms with Crippen LogP contribution < -0.4 is 9.47 Å². The van der Waals surface area contributed by atoms with Gasteiger partial charge in [0.2, 0.25) is 0 Å². The number of aliphatic hydroxyl groups excluding tert-OH is 1. The molecule has 1 atom stereocenters. The Hall–Kier alpha value is -2.70. The molecule has 0 saturated carbocycles. The molecule has 2 aromatic rings. The molecule has 2 aromatic carbocycles. The van der Waals surface area contributed by atoms with Gasteiger partial charge in [0, 0.05) is 22.7 Å². The third-order valence-electron chi connectivity index (χ3n) is 4.59. The molecule has 146 valence electrons. The molecule has 28 heavy (non-hydrogen) atoms. The summed E-state index contributed by atoms with van der Waals surface area (Å²) in [4.78, 5) is 26.2. The summed E-state index contributed by atoms with van der Waals surface area (Å²) in [5.41, 5.74) is 0.720. The van der Waals surface area contributed by atoms with E-state index in [0.29, 0.717) is 27.6 Å². The van der Waals surface area contributed by atoms with Crippen LogP contribution in [0.15, 0.2) is 42.0 Å². The molecule has 1 aliphatic heterocycles. The Bertz CT molecular complexity index is 1000. The van der Waals surface area contributed by atoms with Gasteiger partial charge in [0.15, 0.2) is 11.5 Å². The molecule has 1 saturated heterocycles. The lowest BCUT2D eigenvalue weighted by molar-refractivity contribution is -0.139. The fourth-order valence-electron chi connectivity index (χ4n) is 3.17. The molecule has 8 heteroatoms. The maximum Gasteiger partial charge on any atom is 0.295 e. The summed E-state index contributed by atoms with van der Waals surface area (Å²) >= 11 is 12.3. The highest BCUT2D eigenvalue weighted by Gasteiger charge is 2.45. The van der Waals surface area contributed by atoms with E-state index in [1.165, 1.54) is 38.3 Å².